The number of nitrogens with one attached hydrogen (secondary N) is 1. The number of benzene rings is 1. The molecule has 1 saturated heterocycles. The average molecular weight is 378 g/mol. The molecular weight excluding hydrogens is 356 g/mol. The van der Waals surface area contributed by atoms with Gasteiger partial charge < -0.3 is 19.6 Å². The fraction of sp³-hybridized carbons (Fsp3) is 0.300. The Kier molecular flexibility index (Phi) is 4.92. The number of anilines is 2. The molecule has 8 heteroatoms. The van der Waals surface area contributed by atoms with E-state index in [0.717, 1.165) is 30.2 Å². The van der Waals surface area contributed by atoms with E-state index in [1.54, 1.807) is 13.1 Å². The topological polar surface area (TPSA) is 87.4 Å². The van der Waals surface area contributed by atoms with Crippen LogP contribution in [0.15, 0.2) is 47.1 Å². The number of urea groups is 1. The standard InChI is InChI=1S/C20H22N6O2/c1-14-3-6-17(7-4-14)23-20(27)26-11-9-25(10-12-26)18-8-5-16(13-21-18)19-22-15(2)28-24-19/h3-8,13H,9-12H2,1-2H3,(H,23,27). The van der Waals surface area contributed by atoms with Gasteiger partial charge >= 0.3 is 6.03 Å². The van der Waals surface area contributed by atoms with Crippen molar-refractivity contribution in [2.45, 2.75) is 13.8 Å². The Morgan fingerprint density at radius 2 is 1.79 bits per heavy atom. The molecule has 2 amide bonds. The molecule has 0 radical (unpaired) electrons. The maximum atomic E-state index is 12.5. The second-order valence-electron chi connectivity index (χ2n) is 6.81. The van der Waals surface area contributed by atoms with E-state index in [0.29, 0.717) is 24.8 Å². The molecule has 2 aromatic heterocycles. The Bertz CT molecular complexity index is 944. The van der Waals surface area contributed by atoms with Crippen LogP contribution in [0.1, 0.15) is 11.5 Å². The van der Waals surface area contributed by atoms with Gasteiger partial charge in [-0.1, -0.05) is 22.9 Å². The molecule has 1 fully saturated rings. The van der Waals surface area contributed by atoms with Crippen LogP contribution >= 0.6 is 0 Å². The second kappa shape index (κ2) is 7.67. The van der Waals surface area contributed by atoms with E-state index < -0.39 is 0 Å². The van der Waals surface area contributed by atoms with Gasteiger partial charge in [-0.15, -0.1) is 0 Å². The molecule has 1 aromatic carbocycles. The zero-order valence-electron chi connectivity index (χ0n) is 15.9. The summed E-state index contributed by atoms with van der Waals surface area (Å²) in [5.74, 6) is 1.94. The number of carbonyl (C=O) groups is 1. The highest BCUT2D eigenvalue weighted by molar-refractivity contribution is 5.89. The smallest absolute Gasteiger partial charge is 0.321 e. The molecule has 1 aliphatic heterocycles. The molecule has 8 nitrogen and oxygen atoms in total. The summed E-state index contributed by atoms with van der Waals surface area (Å²) in [6.07, 6.45) is 1.75. The number of hydrogen-bond donors (Lipinski definition) is 1. The van der Waals surface area contributed by atoms with Crippen molar-refractivity contribution in [3.8, 4) is 11.4 Å². The predicted octanol–water partition coefficient (Wildman–Crippen LogP) is 3.10. The summed E-state index contributed by atoms with van der Waals surface area (Å²) in [5, 5.41) is 6.86. The second-order valence-corrected chi connectivity index (χ2v) is 6.81. The number of hydrogen-bond acceptors (Lipinski definition) is 6. The number of nitrogens with zero attached hydrogens (tertiary/aromatic N) is 5. The van der Waals surface area contributed by atoms with Gasteiger partial charge in [-0.3, -0.25) is 0 Å². The lowest BCUT2D eigenvalue weighted by Gasteiger charge is -2.35. The quantitative estimate of drug-likeness (QED) is 0.754. The van der Waals surface area contributed by atoms with Crippen LogP contribution in [-0.2, 0) is 0 Å². The summed E-state index contributed by atoms with van der Waals surface area (Å²) in [5.41, 5.74) is 2.79. The van der Waals surface area contributed by atoms with Gasteiger partial charge in [0.2, 0.25) is 11.7 Å². The van der Waals surface area contributed by atoms with E-state index in [1.165, 1.54) is 5.56 Å². The molecule has 4 rings (SSSR count). The Morgan fingerprint density at radius 3 is 2.39 bits per heavy atom. The number of rotatable bonds is 3. The highest BCUT2D eigenvalue weighted by Crippen LogP contribution is 2.20. The fourth-order valence-corrected chi connectivity index (χ4v) is 3.10. The molecule has 0 aliphatic carbocycles. The van der Waals surface area contributed by atoms with E-state index in [4.69, 9.17) is 4.52 Å². The first-order valence-electron chi connectivity index (χ1n) is 9.23. The van der Waals surface area contributed by atoms with Gasteiger partial charge in [0.15, 0.2) is 0 Å². The molecule has 0 atom stereocenters. The van der Waals surface area contributed by atoms with Crippen molar-refractivity contribution in [2.75, 3.05) is 36.4 Å². The van der Waals surface area contributed by atoms with Crippen LogP contribution in [0.2, 0.25) is 0 Å². The first kappa shape index (κ1) is 18.0. The summed E-state index contributed by atoms with van der Waals surface area (Å²) in [6.45, 7) is 6.53. The summed E-state index contributed by atoms with van der Waals surface area (Å²) < 4.78 is 5.01. The van der Waals surface area contributed by atoms with Crippen LogP contribution in [0.25, 0.3) is 11.4 Å². The van der Waals surface area contributed by atoms with E-state index in [-0.39, 0.29) is 6.03 Å². The Balaban J connectivity index is 1.33. The molecule has 3 aromatic rings. The maximum absolute atomic E-state index is 12.5. The van der Waals surface area contributed by atoms with Crippen LogP contribution < -0.4 is 10.2 Å². The van der Waals surface area contributed by atoms with Crippen LogP contribution in [0.5, 0.6) is 0 Å². The predicted molar refractivity (Wildman–Crippen MR) is 106 cm³/mol. The van der Waals surface area contributed by atoms with Gasteiger partial charge in [-0.2, -0.15) is 4.98 Å². The van der Waals surface area contributed by atoms with Crippen LogP contribution in [-0.4, -0.2) is 52.2 Å². The lowest BCUT2D eigenvalue weighted by molar-refractivity contribution is 0.208. The Labute approximate surface area is 163 Å². The van der Waals surface area contributed by atoms with E-state index in [9.17, 15) is 4.79 Å². The minimum atomic E-state index is -0.0701. The van der Waals surface area contributed by atoms with Crippen LogP contribution in [0.3, 0.4) is 0 Å². The fourth-order valence-electron chi connectivity index (χ4n) is 3.10. The maximum Gasteiger partial charge on any atom is 0.321 e. The summed E-state index contributed by atoms with van der Waals surface area (Å²) in [4.78, 5) is 25.2. The minimum Gasteiger partial charge on any atom is -0.353 e. The molecule has 1 N–H and O–H groups in total. The highest BCUT2D eigenvalue weighted by atomic mass is 16.5. The molecule has 3 heterocycles. The largest absolute Gasteiger partial charge is 0.353 e. The van der Waals surface area contributed by atoms with Gasteiger partial charge in [0.05, 0.1) is 0 Å². The molecule has 0 spiro atoms. The van der Waals surface area contributed by atoms with Gasteiger partial charge in [-0.25, -0.2) is 9.78 Å². The molecule has 144 valence electrons. The summed E-state index contributed by atoms with van der Waals surface area (Å²) in [7, 11) is 0. The number of carbonyl (C=O) groups excluding carboxylic acids is 1. The van der Waals surface area contributed by atoms with Crippen molar-refractivity contribution >= 4 is 17.5 Å². The lowest BCUT2D eigenvalue weighted by atomic mass is 10.2. The molecule has 1 aliphatic rings. The monoisotopic (exact) mass is 378 g/mol. The molecule has 28 heavy (non-hydrogen) atoms. The lowest BCUT2D eigenvalue weighted by Crippen LogP contribution is -2.50. The third-order valence-electron chi connectivity index (χ3n) is 4.73. The van der Waals surface area contributed by atoms with Gasteiger partial charge in [0, 0.05) is 50.6 Å². The summed E-state index contributed by atoms with van der Waals surface area (Å²) in [6, 6.07) is 11.6. The number of amides is 2. The number of aromatic nitrogens is 3. The minimum absolute atomic E-state index is 0.0701. The zero-order valence-corrected chi connectivity index (χ0v) is 15.9. The Morgan fingerprint density at radius 1 is 1.04 bits per heavy atom. The van der Waals surface area contributed by atoms with E-state index in [2.05, 4.69) is 25.3 Å². The van der Waals surface area contributed by atoms with Crippen molar-refractivity contribution in [2.24, 2.45) is 0 Å². The van der Waals surface area contributed by atoms with Crippen LogP contribution in [0, 0.1) is 13.8 Å². The van der Waals surface area contributed by atoms with Crippen molar-refractivity contribution in [3.05, 3.63) is 54.0 Å². The SMILES string of the molecule is Cc1ccc(NC(=O)N2CCN(c3ccc(-c4noc(C)n4)cn3)CC2)cc1. The summed E-state index contributed by atoms with van der Waals surface area (Å²) >= 11 is 0. The zero-order chi connectivity index (χ0) is 19.5. The number of aryl methyl sites for hydroxylation is 2. The van der Waals surface area contributed by atoms with Gasteiger partial charge in [0.25, 0.3) is 0 Å². The third kappa shape index (κ3) is 3.95. The third-order valence-corrected chi connectivity index (χ3v) is 4.73. The highest BCUT2D eigenvalue weighted by Gasteiger charge is 2.22. The molecule has 0 bridgehead atoms. The molecule has 0 unspecified atom stereocenters. The van der Waals surface area contributed by atoms with E-state index >= 15 is 0 Å². The molecule has 0 saturated carbocycles. The first-order valence-corrected chi connectivity index (χ1v) is 9.23. The number of pyridine rings is 1. The molecular formula is C20H22N6O2. The number of piperazine rings is 1. The van der Waals surface area contributed by atoms with Gasteiger partial charge in [0.1, 0.15) is 5.82 Å². The van der Waals surface area contributed by atoms with Crippen molar-refractivity contribution in [1.82, 2.24) is 20.0 Å². The Hall–Kier alpha value is -3.42. The van der Waals surface area contributed by atoms with E-state index in [1.807, 2.05) is 48.2 Å². The van der Waals surface area contributed by atoms with Crippen LogP contribution in [0.4, 0.5) is 16.3 Å². The van der Waals surface area contributed by atoms with Gasteiger partial charge in [-0.05, 0) is 31.2 Å². The van der Waals surface area contributed by atoms with Crippen molar-refractivity contribution in [3.63, 3.8) is 0 Å². The normalized spacial score (nSPS) is 14.2. The van der Waals surface area contributed by atoms with Crippen molar-refractivity contribution < 1.29 is 9.32 Å². The van der Waals surface area contributed by atoms with Crippen molar-refractivity contribution in [1.29, 1.82) is 0 Å². The first-order chi connectivity index (χ1) is 13.6. The average Bonchev–Trinajstić information content (AvgIpc) is 3.16.